The smallest absolute Gasteiger partial charge is 0.341 e. The fourth-order valence-electron chi connectivity index (χ4n) is 1.89. The molecule has 2 heterocycles. The molecule has 0 aliphatic carbocycles. The molecule has 0 fully saturated rings. The van der Waals surface area contributed by atoms with Crippen molar-refractivity contribution in [1.29, 1.82) is 0 Å². The van der Waals surface area contributed by atoms with E-state index in [-0.39, 0.29) is 5.56 Å². The Morgan fingerprint density at radius 3 is 2.59 bits per heavy atom. The van der Waals surface area contributed by atoms with Crippen molar-refractivity contribution in [1.82, 2.24) is 14.2 Å². The highest BCUT2D eigenvalue weighted by Gasteiger charge is 2.16. The van der Waals surface area contributed by atoms with Crippen molar-refractivity contribution in [3.8, 4) is 16.9 Å². The van der Waals surface area contributed by atoms with E-state index in [1.807, 2.05) is 0 Å². The molecule has 6 nitrogen and oxygen atoms in total. The summed E-state index contributed by atoms with van der Waals surface area (Å²) in [6.07, 6.45) is 1.45. The van der Waals surface area contributed by atoms with Crippen molar-refractivity contribution in [2.75, 3.05) is 0 Å². The van der Waals surface area contributed by atoms with Crippen LogP contribution in [0.3, 0.4) is 0 Å². The highest BCUT2D eigenvalue weighted by atomic mass is 35.5. The van der Waals surface area contributed by atoms with E-state index < -0.39 is 11.5 Å². The summed E-state index contributed by atoms with van der Waals surface area (Å²) < 4.78 is 4.94. The molecule has 0 unspecified atom stereocenters. The lowest BCUT2D eigenvalue weighted by Gasteiger charge is -2.07. The van der Waals surface area contributed by atoms with Crippen molar-refractivity contribution < 1.29 is 9.90 Å². The van der Waals surface area contributed by atoms with Crippen LogP contribution in [0.5, 0.6) is 0 Å². The molecule has 3 aromatic rings. The molecular weight excluding hydrogens is 326 g/mol. The van der Waals surface area contributed by atoms with Gasteiger partial charge in [-0.25, -0.2) is 4.79 Å². The maximum Gasteiger partial charge on any atom is 0.341 e. The van der Waals surface area contributed by atoms with Crippen LogP contribution in [0.15, 0.2) is 46.7 Å². The van der Waals surface area contributed by atoms with Gasteiger partial charge in [-0.15, -0.1) is 0 Å². The van der Waals surface area contributed by atoms with Gasteiger partial charge in [0.1, 0.15) is 5.56 Å². The first-order valence-corrected chi connectivity index (χ1v) is 7.31. The van der Waals surface area contributed by atoms with Gasteiger partial charge < -0.3 is 5.11 Å². The zero-order valence-corrected chi connectivity index (χ0v) is 12.5. The maximum atomic E-state index is 12.2. The molecule has 0 aliphatic heterocycles. The van der Waals surface area contributed by atoms with E-state index in [1.54, 1.807) is 29.6 Å². The lowest BCUT2D eigenvalue weighted by molar-refractivity contribution is 0.0694. The molecule has 0 atom stereocenters. The second-order valence-corrected chi connectivity index (χ2v) is 5.45. The van der Waals surface area contributed by atoms with Crippen LogP contribution in [0.4, 0.5) is 0 Å². The van der Waals surface area contributed by atoms with E-state index in [0.717, 1.165) is 16.2 Å². The summed E-state index contributed by atoms with van der Waals surface area (Å²) in [5, 5.41) is 15.6. The SMILES string of the molecule is O=C(O)c1cc(-c2ccc(Cl)cc2)nn(-c2cnsc2)c1=O. The Bertz CT molecular complexity index is 889. The van der Waals surface area contributed by atoms with Gasteiger partial charge in [0.15, 0.2) is 0 Å². The molecular formula is C14H8ClN3O3S. The van der Waals surface area contributed by atoms with Gasteiger partial charge in [0.2, 0.25) is 0 Å². The summed E-state index contributed by atoms with van der Waals surface area (Å²) in [5.74, 6) is -1.31. The summed E-state index contributed by atoms with van der Waals surface area (Å²) in [7, 11) is 0. The van der Waals surface area contributed by atoms with Gasteiger partial charge in [-0.3, -0.25) is 4.79 Å². The van der Waals surface area contributed by atoms with E-state index in [9.17, 15) is 14.7 Å². The summed E-state index contributed by atoms with van der Waals surface area (Å²) in [5.41, 5.74) is 0.383. The van der Waals surface area contributed by atoms with Crippen LogP contribution in [0.1, 0.15) is 10.4 Å². The molecule has 1 N–H and O–H groups in total. The number of carboxylic acid groups (broad SMARTS) is 1. The lowest BCUT2D eigenvalue weighted by atomic mass is 10.1. The van der Waals surface area contributed by atoms with Gasteiger partial charge in [-0.2, -0.15) is 14.2 Å². The molecule has 0 saturated heterocycles. The first-order chi connectivity index (χ1) is 10.6. The Labute approximate surface area is 133 Å². The van der Waals surface area contributed by atoms with Crippen molar-refractivity contribution >= 4 is 29.1 Å². The average Bonchev–Trinajstić information content (AvgIpc) is 3.02. The molecule has 0 aliphatic rings. The predicted molar refractivity (Wildman–Crippen MR) is 82.9 cm³/mol. The first kappa shape index (κ1) is 14.4. The third-order valence-electron chi connectivity index (χ3n) is 2.95. The molecule has 8 heteroatoms. The van der Waals surface area contributed by atoms with Gasteiger partial charge in [0, 0.05) is 16.0 Å². The molecule has 0 spiro atoms. The van der Waals surface area contributed by atoms with Crippen LogP contribution in [0.25, 0.3) is 16.9 Å². The van der Waals surface area contributed by atoms with E-state index >= 15 is 0 Å². The fourth-order valence-corrected chi connectivity index (χ4v) is 2.51. The van der Waals surface area contributed by atoms with Crippen molar-refractivity contribution in [3.63, 3.8) is 0 Å². The first-order valence-electron chi connectivity index (χ1n) is 6.09. The number of carbonyl (C=O) groups is 1. The number of aromatic carboxylic acids is 1. The largest absolute Gasteiger partial charge is 0.477 e. The van der Waals surface area contributed by atoms with Gasteiger partial charge in [0.25, 0.3) is 5.56 Å². The Morgan fingerprint density at radius 2 is 2.00 bits per heavy atom. The molecule has 0 amide bonds. The second-order valence-electron chi connectivity index (χ2n) is 4.35. The number of carboxylic acids is 1. The van der Waals surface area contributed by atoms with Gasteiger partial charge in [-0.1, -0.05) is 23.7 Å². The van der Waals surface area contributed by atoms with Crippen LogP contribution in [0.2, 0.25) is 5.02 Å². The normalized spacial score (nSPS) is 10.6. The number of rotatable bonds is 3. The van der Waals surface area contributed by atoms with Crippen LogP contribution >= 0.6 is 23.1 Å². The highest BCUT2D eigenvalue weighted by Crippen LogP contribution is 2.20. The molecule has 110 valence electrons. The quantitative estimate of drug-likeness (QED) is 0.796. The number of halogens is 1. The van der Waals surface area contributed by atoms with Gasteiger partial charge in [0.05, 0.1) is 17.6 Å². The number of benzene rings is 1. The van der Waals surface area contributed by atoms with Crippen LogP contribution in [-0.2, 0) is 0 Å². The molecule has 2 aromatic heterocycles. The molecule has 0 saturated carbocycles. The Morgan fingerprint density at radius 1 is 1.27 bits per heavy atom. The monoisotopic (exact) mass is 333 g/mol. The van der Waals surface area contributed by atoms with Gasteiger partial charge in [-0.05, 0) is 29.7 Å². The summed E-state index contributed by atoms with van der Waals surface area (Å²) in [4.78, 5) is 23.5. The van der Waals surface area contributed by atoms with Crippen molar-refractivity contribution in [3.05, 3.63) is 62.8 Å². The number of nitrogens with zero attached hydrogens (tertiary/aromatic N) is 3. The number of hydrogen-bond acceptors (Lipinski definition) is 5. The Hall–Kier alpha value is -2.51. The van der Waals surface area contributed by atoms with Crippen molar-refractivity contribution in [2.24, 2.45) is 0 Å². The zero-order chi connectivity index (χ0) is 15.7. The molecule has 1 aromatic carbocycles. The summed E-state index contributed by atoms with van der Waals surface area (Å²) in [6, 6.07) is 8.00. The maximum absolute atomic E-state index is 12.2. The molecule has 22 heavy (non-hydrogen) atoms. The van der Waals surface area contributed by atoms with Gasteiger partial charge >= 0.3 is 5.97 Å². The fraction of sp³-hybridized carbons (Fsp3) is 0. The van der Waals surface area contributed by atoms with Crippen LogP contribution < -0.4 is 5.56 Å². The number of aromatic nitrogens is 3. The zero-order valence-electron chi connectivity index (χ0n) is 10.9. The van der Waals surface area contributed by atoms with E-state index in [4.69, 9.17) is 11.6 Å². The van der Waals surface area contributed by atoms with Crippen LogP contribution in [-0.4, -0.2) is 25.2 Å². The standard InChI is InChI=1S/C14H8ClN3O3S/c15-9-3-1-8(2-4-9)12-5-11(14(20)21)13(19)18(17-12)10-6-16-22-7-10/h1-7H,(H,20,21). The second kappa shape index (κ2) is 5.70. The third-order valence-corrected chi connectivity index (χ3v) is 3.77. The van der Waals surface area contributed by atoms with E-state index in [0.29, 0.717) is 22.0 Å². The minimum Gasteiger partial charge on any atom is -0.477 e. The summed E-state index contributed by atoms with van der Waals surface area (Å²) in [6.45, 7) is 0. The van der Waals surface area contributed by atoms with E-state index in [1.165, 1.54) is 12.3 Å². The predicted octanol–water partition coefficient (Wildman–Crippen LogP) is 2.71. The average molecular weight is 334 g/mol. The minimum absolute atomic E-state index is 0.355. The molecule has 3 rings (SSSR count). The summed E-state index contributed by atoms with van der Waals surface area (Å²) >= 11 is 6.99. The topological polar surface area (TPSA) is 85.1 Å². The molecule has 0 bridgehead atoms. The minimum atomic E-state index is -1.31. The third kappa shape index (κ3) is 2.63. The van der Waals surface area contributed by atoms with Crippen molar-refractivity contribution in [2.45, 2.75) is 0 Å². The van der Waals surface area contributed by atoms with Crippen LogP contribution in [0, 0.1) is 0 Å². The highest BCUT2D eigenvalue weighted by molar-refractivity contribution is 7.03. The van der Waals surface area contributed by atoms with E-state index in [2.05, 4.69) is 9.47 Å². The number of hydrogen-bond donors (Lipinski definition) is 1. The lowest BCUT2D eigenvalue weighted by Crippen LogP contribution is -2.27. The Kier molecular flexibility index (Phi) is 3.74. The Balaban J connectivity index is 2.25. The molecule has 0 radical (unpaired) electrons.